The summed E-state index contributed by atoms with van der Waals surface area (Å²) in [4.78, 5) is 18.9. The van der Waals surface area contributed by atoms with Crippen molar-refractivity contribution in [3.63, 3.8) is 0 Å². The molecule has 1 fully saturated rings. The van der Waals surface area contributed by atoms with Crippen molar-refractivity contribution in [1.82, 2.24) is 10.3 Å². The molecule has 1 N–H and O–H groups in total. The highest BCUT2D eigenvalue weighted by atomic mass is 16.3. The van der Waals surface area contributed by atoms with Crippen molar-refractivity contribution in [3.8, 4) is 0 Å². The largest absolute Gasteiger partial charge is 0.467 e. The molecule has 0 spiro atoms. The molecule has 0 aromatic carbocycles. The molecule has 2 aromatic rings. The van der Waals surface area contributed by atoms with Gasteiger partial charge in [-0.05, 0) is 49.6 Å². The summed E-state index contributed by atoms with van der Waals surface area (Å²) in [5.41, 5.74) is 1.15. The maximum absolute atomic E-state index is 12.4. The second-order valence-corrected chi connectivity index (χ2v) is 5.34. The molecule has 0 aliphatic carbocycles. The molecule has 1 aliphatic heterocycles. The summed E-state index contributed by atoms with van der Waals surface area (Å²) in [6, 6.07) is 7.52. The molecule has 110 valence electrons. The number of hydrogen-bond donors (Lipinski definition) is 1. The number of aryl methyl sites for hydroxylation is 1. The van der Waals surface area contributed by atoms with E-state index in [-0.39, 0.29) is 11.9 Å². The first-order chi connectivity index (χ1) is 10.2. The second-order valence-electron chi connectivity index (χ2n) is 5.34. The van der Waals surface area contributed by atoms with Crippen molar-refractivity contribution in [2.24, 2.45) is 0 Å². The lowest BCUT2D eigenvalue weighted by molar-refractivity contribution is -0.122. The summed E-state index contributed by atoms with van der Waals surface area (Å²) < 4.78 is 5.23. The zero-order valence-electron chi connectivity index (χ0n) is 12.1. The molecule has 1 atom stereocenters. The van der Waals surface area contributed by atoms with Crippen LogP contribution in [0.25, 0.3) is 0 Å². The summed E-state index contributed by atoms with van der Waals surface area (Å²) in [7, 11) is 0. The average molecular weight is 285 g/mol. The summed E-state index contributed by atoms with van der Waals surface area (Å²) >= 11 is 0. The summed E-state index contributed by atoms with van der Waals surface area (Å²) in [6.45, 7) is 3.33. The van der Waals surface area contributed by atoms with Crippen LogP contribution in [0.1, 0.15) is 24.2 Å². The number of amides is 1. The molecule has 5 nitrogen and oxygen atoms in total. The van der Waals surface area contributed by atoms with Crippen LogP contribution in [0.5, 0.6) is 0 Å². The van der Waals surface area contributed by atoms with E-state index in [9.17, 15) is 4.79 Å². The third-order valence-electron chi connectivity index (χ3n) is 3.77. The number of rotatable bonds is 4. The zero-order chi connectivity index (χ0) is 14.7. The fourth-order valence-corrected chi connectivity index (χ4v) is 2.70. The highest BCUT2D eigenvalue weighted by Gasteiger charge is 2.31. The third kappa shape index (κ3) is 3.07. The molecule has 1 saturated heterocycles. The number of furan rings is 1. The summed E-state index contributed by atoms with van der Waals surface area (Å²) in [5.74, 6) is 1.68. The lowest BCUT2D eigenvalue weighted by atomic mass is 10.2. The molecule has 2 aromatic heterocycles. The number of aromatic nitrogens is 1. The lowest BCUT2D eigenvalue weighted by Crippen LogP contribution is -2.43. The molecule has 0 saturated carbocycles. The molecule has 3 heterocycles. The van der Waals surface area contributed by atoms with E-state index < -0.39 is 0 Å². The van der Waals surface area contributed by atoms with Gasteiger partial charge in [-0.2, -0.15) is 0 Å². The molecule has 21 heavy (non-hydrogen) atoms. The fraction of sp³-hybridized carbons (Fsp3) is 0.375. The van der Waals surface area contributed by atoms with Crippen LogP contribution >= 0.6 is 0 Å². The van der Waals surface area contributed by atoms with Crippen LogP contribution in [0.3, 0.4) is 0 Å². The van der Waals surface area contributed by atoms with Gasteiger partial charge in [-0.15, -0.1) is 0 Å². The first-order valence-electron chi connectivity index (χ1n) is 7.23. The summed E-state index contributed by atoms with van der Waals surface area (Å²) in [5, 5.41) is 2.94. The third-order valence-corrected chi connectivity index (χ3v) is 3.77. The molecule has 0 bridgehead atoms. The van der Waals surface area contributed by atoms with Crippen molar-refractivity contribution in [1.29, 1.82) is 0 Å². The van der Waals surface area contributed by atoms with Gasteiger partial charge in [-0.3, -0.25) is 4.79 Å². The SMILES string of the molecule is Cc1ccnc(N2CCCC2C(=O)NCc2ccco2)c1. The number of carbonyl (C=O) groups excluding carboxylic acids is 1. The van der Waals surface area contributed by atoms with Gasteiger partial charge in [0.2, 0.25) is 5.91 Å². The van der Waals surface area contributed by atoms with Crippen molar-refractivity contribution in [3.05, 3.63) is 48.0 Å². The smallest absolute Gasteiger partial charge is 0.243 e. The molecular formula is C16H19N3O2. The quantitative estimate of drug-likeness (QED) is 0.936. The normalized spacial score (nSPS) is 18.0. The van der Waals surface area contributed by atoms with Crippen LogP contribution < -0.4 is 10.2 Å². The Bertz CT molecular complexity index is 610. The minimum atomic E-state index is -0.144. The number of nitrogens with zero attached hydrogens (tertiary/aromatic N) is 2. The monoisotopic (exact) mass is 285 g/mol. The van der Waals surface area contributed by atoms with E-state index in [0.717, 1.165) is 36.5 Å². The molecule has 1 unspecified atom stereocenters. The number of anilines is 1. The van der Waals surface area contributed by atoms with E-state index in [2.05, 4.69) is 15.2 Å². The number of pyridine rings is 1. The Morgan fingerprint density at radius 2 is 2.43 bits per heavy atom. The molecule has 1 aliphatic rings. The highest BCUT2D eigenvalue weighted by Crippen LogP contribution is 2.24. The van der Waals surface area contributed by atoms with E-state index in [0.29, 0.717) is 6.54 Å². The van der Waals surface area contributed by atoms with Gasteiger partial charge in [0, 0.05) is 12.7 Å². The highest BCUT2D eigenvalue weighted by molar-refractivity contribution is 5.85. The van der Waals surface area contributed by atoms with E-state index in [4.69, 9.17) is 4.42 Å². The molecule has 0 radical (unpaired) electrons. The Balaban J connectivity index is 1.67. The minimum absolute atomic E-state index is 0.0345. The number of hydrogen-bond acceptors (Lipinski definition) is 4. The average Bonchev–Trinajstić information content (AvgIpc) is 3.16. The van der Waals surface area contributed by atoms with E-state index in [1.165, 1.54) is 0 Å². The predicted octanol–water partition coefficient (Wildman–Crippen LogP) is 2.27. The van der Waals surface area contributed by atoms with Crippen molar-refractivity contribution in [2.45, 2.75) is 32.4 Å². The van der Waals surface area contributed by atoms with Crippen molar-refractivity contribution < 1.29 is 9.21 Å². The van der Waals surface area contributed by atoms with Gasteiger partial charge >= 0.3 is 0 Å². The fourth-order valence-electron chi connectivity index (χ4n) is 2.70. The van der Waals surface area contributed by atoms with Crippen molar-refractivity contribution >= 4 is 11.7 Å². The maximum Gasteiger partial charge on any atom is 0.243 e. The Hall–Kier alpha value is -2.30. The molecule has 1 amide bonds. The Kier molecular flexibility index (Phi) is 3.90. The second kappa shape index (κ2) is 5.99. The van der Waals surface area contributed by atoms with E-state index >= 15 is 0 Å². The lowest BCUT2D eigenvalue weighted by Gasteiger charge is -2.25. The van der Waals surface area contributed by atoms with Gasteiger partial charge in [0.1, 0.15) is 17.6 Å². The van der Waals surface area contributed by atoms with Gasteiger partial charge in [-0.1, -0.05) is 0 Å². The molecular weight excluding hydrogens is 266 g/mol. The van der Waals surface area contributed by atoms with Gasteiger partial charge in [0.05, 0.1) is 12.8 Å². The van der Waals surface area contributed by atoms with Crippen LogP contribution in [0.2, 0.25) is 0 Å². The number of carbonyl (C=O) groups is 1. The zero-order valence-corrected chi connectivity index (χ0v) is 12.1. The molecule has 5 heteroatoms. The van der Waals surface area contributed by atoms with Crippen LogP contribution in [-0.4, -0.2) is 23.5 Å². The van der Waals surface area contributed by atoms with E-state index in [1.807, 2.05) is 31.2 Å². The Morgan fingerprint density at radius 3 is 3.19 bits per heavy atom. The Labute approximate surface area is 124 Å². The van der Waals surface area contributed by atoms with Gasteiger partial charge in [-0.25, -0.2) is 4.98 Å². The van der Waals surface area contributed by atoms with Gasteiger partial charge in [0.25, 0.3) is 0 Å². The van der Waals surface area contributed by atoms with Crippen LogP contribution in [0, 0.1) is 6.92 Å². The van der Waals surface area contributed by atoms with Gasteiger partial charge in [0.15, 0.2) is 0 Å². The van der Waals surface area contributed by atoms with Gasteiger partial charge < -0.3 is 14.6 Å². The predicted molar refractivity (Wildman–Crippen MR) is 79.9 cm³/mol. The standard InChI is InChI=1S/C16H19N3O2/c1-12-6-7-17-15(10-12)19-8-2-5-14(19)16(20)18-11-13-4-3-9-21-13/h3-4,6-7,9-10,14H,2,5,8,11H2,1H3,(H,18,20). The topological polar surface area (TPSA) is 58.4 Å². The molecule has 3 rings (SSSR count). The summed E-state index contributed by atoms with van der Waals surface area (Å²) in [6.07, 6.45) is 5.27. The van der Waals surface area contributed by atoms with Crippen LogP contribution in [0.15, 0.2) is 41.1 Å². The van der Waals surface area contributed by atoms with Crippen molar-refractivity contribution in [2.75, 3.05) is 11.4 Å². The maximum atomic E-state index is 12.4. The number of nitrogens with one attached hydrogen (secondary N) is 1. The first kappa shape index (κ1) is 13.7. The first-order valence-corrected chi connectivity index (χ1v) is 7.23. The minimum Gasteiger partial charge on any atom is -0.467 e. The van der Waals surface area contributed by atoms with Crippen LogP contribution in [-0.2, 0) is 11.3 Å². The van der Waals surface area contributed by atoms with Crippen LogP contribution in [0.4, 0.5) is 5.82 Å². The van der Waals surface area contributed by atoms with E-state index in [1.54, 1.807) is 12.5 Å². The Morgan fingerprint density at radius 1 is 1.52 bits per heavy atom.